The van der Waals surface area contributed by atoms with Crippen LogP contribution in [-0.4, -0.2) is 27.5 Å². The Morgan fingerprint density at radius 3 is 2.59 bits per heavy atom. The fourth-order valence-electron chi connectivity index (χ4n) is 1.82. The number of hydrogen-bond acceptors (Lipinski definition) is 4. The van der Waals surface area contributed by atoms with E-state index in [1.807, 2.05) is 12.1 Å². The number of nitrogens with two attached hydrogens (primary N) is 1. The highest BCUT2D eigenvalue weighted by molar-refractivity contribution is 6.06. The molecule has 17 heavy (non-hydrogen) atoms. The molecule has 0 aliphatic carbocycles. The van der Waals surface area contributed by atoms with Gasteiger partial charge in [-0.05, 0) is 37.5 Å². The normalized spacial score (nSPS) is 24.0. The summed E-state index contributed by atoms with van der Waals surface area (Å²) in [5.74, 6) is 4.94. The van der Waals surface area contributed by atoms with Gasteiger partial charge in [-0.25, -0.2) is 10.6 Å². The summed E-state index contributed by atoms with van der Waals surface area (Å²) in [6.45, 7) is 1.68. The average molecular weight is 234 g/mol. The number of aromatic nitrogens is 1. The molecule has 1 aliphatic rings. The van der Waals surface area contributed by atoms with Crippen LogP contribution in [0.2, 0.25) is 0 Å². The second kappa shape index (κ2) is 4.14. The minimum Gasteiger partial charge on any atom is -0.322 e. The van der Waals surface area contributed by atoms with Crippen molar-refractivity contribution in [3.8, 4) is 0 Å². The molecule has 6 nitrogen and oxygen atoms in total. The number of nitrogens with zero attached hydrogens (tertiary/aromatic N) is 2. The van der Waals surface area contributed by atoms with E-state index in [0.717, 1.165) is 5.56 Å². The number of pyridine rings is 1. The highest BCUT2D eigenvalue weighted by atomic mass is 16.2. The fraction of sp³-hybridized carbons (Fsp3) is 0.364. The van der Waals surface area contributed by atoms with E-state index in [9.17, 15) is 9.59 Å². The van der Waals surface area contributed by atoms with E-state index in [0.29, 0.717) is 17.9 Å². The van der Waals surface area contributed by atoms with E-state index in [-0.39, 0.29) is 0 Å². The molecular weight excluding hydrogens is 220 g/mol. The second-order valence-electron chi connectivity index (χ2n) is 4.29. The molecule has 1 saturated heterocycles. The van der Waals surface area contributed by atoms with Crippen molar-refractivity contribution < 1.29 is 9.59 Å². The first-order chi connectivity index (χ1) is 8.03. The van der Waals surface area contributed by atoms with Gasteiger partial charge in [-0.15, -0.1) is 0 Å². The standard InChI is InChI=1S/C11H14N4O2/c1-11(9(16)15(12)10(17)14-11)5-2-8-3-6-13-7-4-8/h3-4,6-7H,2,5,12H2,1H3,(H,14,17). The summed E-state index contributed by atoms with van der Waals surface area (Å²) in [6, 6.07) is 3.21. The van der Waals surface area contributed by atoms with Crippen LogP contribution in [0.25, 0.3) is 0 Å². The van der Waals surface area contributed by atoms with Crippen molar-refractivity contribution in [2.75, 3.05) is 0 Å². The topological polar surface area (TPSA) is 88.3 Å². The Bertz CT molecular complexity index is 448. The van der Waals surface area contributed by atoms with E-state index < -0.39 is 17.5 Å². The Kier molecular flexibility index (Phi) is 2.81. The largest absolute Gasteiger partial charge is 0.339 e. The molecule has 1 aromatic heterocycles. The molecule has 0 aromatic carbocycles. The third-order valence-corrected chi connectivity index (χ3v) is 2.96. The zero-order valence-corrected chi connectivity index (χ0v) is 9.51. The van der Waals surface area contributed by atoms with Gasteiger partial charge in [0, 0.05) is 12.4 Å². The van der Waals surface area contributed by atoms with Gasteiger partial charge in [-0.2, -0.15) is 5.01 Å². The van der Waals surface area contributed by atoms with Gasteiger partial charge in [0.05, 0.1) is 0 Å². The van der Waals surface area contributed by atoms with Gasteiger partial charge in [-0.3, -0.25) is 9.78 Å². The average Bonchev–Trinajstić information content (AvgIpc) is 2.53. The van der Waals surface area contributed by atoms with Gasteiger partial charge in [0.15, 0.2) is 0 Å². The van der Waals surface area contributed by atoms with Crippen molar-refractivity contribution in [2.24, 2.45) is 5.84 Å². The van der Waals surface area contributed by atoms with Gasteiger partial charge in [0.1, 0.15) is 5.54 Å². The van der Waals surface area contributed by atoms with Crippen molar-refractivity contribution in [1.82, 2.24) is 15.3 Å². The van der Waals surface area contributed by atoms with Crippen LogP contribution in [0.1, 0.15) is 18.9 Å². The van der Waals surface area contributed by atoms with Crippen LogP contribution >= 0.6 is 0 Å². The lowest BCUT2D eigenvalue weighted by molar-refractivity contribution is -0.131. The number of rotatable bonds is 3. The Hall–Kier alpha value is -1.95. The maximum absolute atomic E-state index is 11.8. The zero-order valence-electron chi connectivity index (χ0n) is 9.51. The van der Waals surface area contributed by atoms with Crippen molar-refractivity contribution in [2.45, 2.75) is 25.3 Å². The summed E-state index contributed by atoms with van der Waals surface area (Å²) in [5, 5.41) is 3.23. The van der Waals surface area contributed by atoms with Crippen LogP contribution in [0.5, 0.6) is 0 Å². The molecule has 0 bridgehead atoms. The van der Waals surface area contributed by atoms with E-state index >= 15 is 0 Å². The quantitative estimate of drug-likeness (QED) is 0.444. The molecule has 3 amide bonds. The summed E-state index contributed by atoms with van der Waals surface area (Å²) in [4.78, 5) is 27.0. The maximum Gasteiger partial charge on any atom is 0.339 e. The molecule has 1 unspecified atom stereocenters. The number of carbonyl (C=O) groups is 2. The molecule has 2 heterocycles. The predicted molar refractivity (Wildman–Crippen MR) is 60.5 cm³/mol. The lowest BCUT2D eigenvalue weighted by atomic mass is 9.94. The smallest absolute Gasteiger partial charge is 0.322 e. The first-order valence-electron chi connectivity index (χ1n) is 5.33. The Morgan fingerprint density at radius 1 is 1.41 bits per heavy atom. The molecule has 2 rings (SSSR count). The van der Waals surface area contributed by atoms with E-state index in [2.05, 4.69) is 10.3 Å². The molecule has 1 aromatic rings. The molecule has 0 spiro atoms. The monoisotopic (exact) mass is 234 g/mol. The summed E-state index contributed by atoms with van der Waals surface area (Å²) < 4.78 is 0. The number of hydrazine groups is 1. The number of amides is 3. The van der Waals surface area contributed by atoms with Gasteiger partial charge >= 0.3 is 6.03 Å². The van der Waals surface area contributed by atoms with Gasteiger partial charge in [-0.1, -0.05) is 0 Å². The summed E-state index contributed by atoms with van der Waals surface area (Å²) >= 11 is 0. The Balaban J connectivity index is 2.04. The minimum atomic E-state index is -0.908. The molecular formula is C11H14N4O2. The van der Waals surface area contributed by atoms with Gasteiger partial charge in [0.2, 0.25) is 0 Å². The van der Waals surface area contributed by atoms with Crippen molar-refractivity contribution in [3.05, 3.63) is 30.1 Å². The summed E-state index contributed by atoms with van der Waals surface area (Å²) in [6.07, 6.45) is 4.58. The van der Waals surface area contributed by atoms with E-state index in [1.54, 1.807) is 19.3 Å². The van der Waals surface area contributed by atoms with Gasteiger partial charge in [0.25, 0.3) is 5.91 Å². The molecule has 90 valence electrons. The van der Waals surface area contributed by atoms with Crippen molar-refractivity contribution in [3.63, 3.8) is 0 Å². The summed E-state index contributed by atoms with van der Waals surface area (Å²) in [7, 11) is 0. The molecule has 1 fully saturated rings. The predicted octanol–water partition coefficient (Wildman–Crippen LogP) is 0.198. The van der Waals surface area contributed by atoms with Gasteiger partial charge < -0.3 is 5.32 Å². The second-order valence-corrected chi connectivity index (χ2v) is 4.29. The molecule has 6 heteroatoms. The number of nitrogens with one attached hydrogen (secondary N) is 1. The van der Waals surface area contributed by atoms with E-state index in [1.165, 1.54) is 0 Å². The van der Waals surface area contributed by atoms with Crippen LogP contribution in [0.4, 0.5) is 4.79 Å². The number of aryl methyl sites for hydroxylation is 1. The number of carbonyl (C=O) groups excluding carboxylic acids is 2. The fourth-order valence-corrected chi connectivity index (χ4v) is 1.82. The van der Waals surface area contributed by atoms with Crippen LogP contribution in [-0.2, 0) is 11.2 Å². The molecule has 1 atom stereocenters. The first-order valence-corrected chi connectivity index (χ1v) is 5.33. The maximum atomic E-state index is 11.8. The number of hydrogen-bond donors (Lipinski definition) is 2. The highest BCUT2D eigenvalue weighted by Crippen LogP contribution is 2.21. The van der Waals surface area contributed by atoms with Crippen molar-refractivity contribution >= 4 is 11.9 Å². The van der Waals surface area contributed by atoms with Crippen LogP contribution in [0, 0.1) is 0 Å². The Morgan fingerprint density at radius 2 is 2.06 bits per heavy atom. The Labute approximate surface area is 98.8 Å². The third kappa shape index (κ3) is 2.12. The molecule has 0 radical (unpaired) electrons. The van der Waals surface area contributed by atoms with Crippen molar-refractivity contribution in [1.29, 1.82) is 0 Å². The highest BCUT2D eigenvalue weighted by Gasteiger charge is 2.46. The minimum absolute atomic E-state index is 0.392. The lowest BCUT2D eigenvalue weighted by Crippen LogP contribution is -2.45. The molecule has 3 N–H and O–H groups in total. The van der Waals surface area contributed by atoms with E-state index in [4.69, 9.17) is 5.84 Å². The number of urea groups is 1. The SMILES string of the molecule is CC1(CCc2ccncc2)NC(=O)N(N)C1=O. The molecule has 0 saturated carbocycles. The molecule has 1 aliphatic heterocycles. The van der Waals surface area contributed by atoms with Crippen LogP contribution in [0.3, 0.4) is 0 Å². The summed E-state index contributed by atoms with van der Waals surface area (Å²) in [5.41, 5.74) is 0.161. The third-order valence-electron chi connectivity index (χ3n) is 2.96. The number of imide groups is 1. The van der Waals surface area contributed by atoms with Crippen LogP contribution in [0.15, 0.2) is 24.5 Å². The zero-order chi connectivity index (χ0) is 12.5. The first kappa shape index (κ1) is 11.5. The lowest BCUT2D eigenvalue weighted by Gasteiger charge is -2.20. The van der Waals surface area contributed by atoms with Crippen LogP contribution < -0.4 is 11.2 Å².